The molecule has 0 amide bonds. The summed E-state index contributed by atoms with van der Waals surface area (Å²) in [5.74, 6) is 1.69. The Morgan fingerprint density at radius 2 is 1.67 bits per heavy atom. The molecule has 1 saturated heterocycles. The van der Waals surface area contributed by atoms with Crippen LogP contribution >= 0.6 is 0 Å². The molecule has 0 aromatic carbocycles. The standard InChI is InChI=1S/C15H30N2O/c1-11-5-12(2)7-13(6-11)17-10-15(18)8-14(17)9-16(3)4/h11-15,18H,5-10H2,1-4H3. The Morgan fingerprint density at radius 1 is 1.06 bits per heavy atom. The van der Waals surface area contributed by atoms with Crippen LogP contribution in [-0.4, -0.2) is 60.3 Å². The fraction of sp³-hybridized carbons (Fsp3) is 1.00. The van der Waals surface area contributed by atoms with Crippen molar-refractivity contribution in [3.8, 4) is 0 Å². The molecular weight excluding hydrogens is 224 g/mol. The van der Waals surface area contributed by atoms with Crippen molar-refractivity contribution in [2.24, 2.45) is 11.8 Å². The lowest BCUT2D eigenvalue weighted by Gasteiger charge is -2.40. The van der Waals surface area contributed by atoms with Crippen LogP contribution in [0.4, 0.5) is 0 Å². The van der Waals surface area contributed by atoms with Crippen molar-refractivity contribution in [3.63, 3.8) is 0 Å². The van der Waals surface area contributed by atoms with E-state index < -0.39 is 0 Å². The van der Waals surface area contributed by atoms with E-state index in [1.54, 1.807) is 0 Å². The van der Waals surface area contributed by atoms with E-state index in [4.69, 9.17) is 0 Å². The number of rotatable bonds is 3. The minimum Gasteiger partial charge on any atom is -0.392 e. The summed E-state index contributed by atoms with van der Waals surface area (Å²) in [6, 6.07) is 1.25. The maximum atomic E-state index is 9.99. The minimum absolute atomic E-state index is 0.109. The van der Waals surface area contributed by atoms with Gasteiger partial charge in [-0.1, -0.05) is 13.8 Å². The van der Waals surface area contributed by atoms with Crippen LogP contribution in [0.25, 0.3) is 0 Å². The molecule has 1 heterocycles. The Bertz CT molecular complexity index is 259. The fourth-order valence-electron chi connectivity index (χ4n) is 4.14. The number of nitrogens with zero attached hydrogens (tertiary/aromatic N) is 2. The summed E-state index contributed by atoms with van der Waals surface area (Å²) in [6.07, 6.45) is 4.87. The topological polar surface area (TPSA) is 26.7 Å². The van der Waals surface area contributed by atoms with Crippen LogP contribution in [0.2, 0.25) is 0 Å². The molecule has 4 unspecified atom stereocenters. The molecule has 1 aliphatic heterocycles. The van der Waals surface area contributed by atoms with E-state index in [2.05, 4.69) is 37.7 Å². The Hall–Kier alpha value is -0.120. The molecule has 18 heavy (non-hydrogen) atoms. The van der Waals surface area contributed by atoms with Crippen LogP contribution in [0.1, 0.15) is 39.5 Å². The summed E-state index contributed by atoms with van der Waals surface area (Å²) in [4.78, 5) is 4.86. The van der Waals surface area contributed by atoms with Crippen LogP contribution < -0.4 is 0 Å². The van der Waals surface area contributed by atoms with Gasteiger partial charge in [-0.15, -0.1) is 0 Å². The average molecular weight is 254 g/mol. The average Bonchev–Trinajstić information content (AvgIpc) is 2.56. The fourth-order valence-corrected chi connectivity index (χ4v) is 4.14. The predicted octanol–water partition coefficient (Wildman–Crippen LogP) is 1.81. The van der Waals surface area contributed by atoms with E-state index in [-0.39, 0.29) is 6.10 Å². The van der Waals surface area contributed by atoms with Crippen LogP contribution in [0.5, 0.6) is 0 Å². The number of aliphatic hydroxyl groups is 1. The molecule has 4 atom stereocenters. The summed E-state index contributed by atoms with van der Waals surface area (Å²) in [5.41, 5.74) is 0. The molecule has 0 radical (unpaired) electrons. The first-order valence-electron chi connectivity index (χ1n) is 7.54. The molecule has 0 bridgehead atoms. The highest BCUT2D eigenvalue weighted by molar-refractivity contribution is 4.93. The summed E-state index contributed by atoms with van der Waals surface area (Å²) < 4.78 is 0. The molecular formula is C15H30N2O. The van der Waals surface area contributed by atoms with Crippen molar-refractivity contribution in [3.05, 3.63) is 0 Å². The van der Waals surface area contributed by atoms with Crippen LogP contribution in [0, 0.1) is 11.8 Å². The highest BCUT2D eigenvalue weighted by Gasteiger charge is 2.38. The van der Waals surface area contributed by atoms with Gasteiger partial charge in [0.05, 0.1) is 6.10 Å². The number of β-amino-alcohol motifs (C(OH)–C–C–N with tert-alkyl or cyclic N) is 1. The second-order valence-corrected chi connectivity index (χ2v) is 7.07. The normalized spacial score (nSPS) is 42.7. The zero-order valence-corrected chi connectivity index (χ0v) is 12.5. The Balaban J connectivity index is 2.00. The first-order chi connectivity index (χ1) is 8.45. The molecule has 0 aromatic rings. The SMILES string of the molecule is CC1CC(C)CC(N2CC(O)CC2CN(C)C)C1. The number of hydrogen-bond donors (Lipinski definition) is 1. The third kappa shape index (κ3) is 3.46. The Morgan fingerprint density at radius 3 is 2.22 bits per heavy atom. The predicted molar refractivity (Wildman–Crippen MR) is 75.6 cm³/mol. The largest absolute Gasteiger partial charge is 0.392 e. The van der Waals surface area contributed by atoms with Gasteiger partial charge in [0.1, 0.15) is 0 Å². The van der Waals surface area contributed by atoms with Gasteiger partial charge in [-0.05, 0) is 51.6 Å². The van der Waals surface area contributed by atoms with Gasteiger partial charge < -0.3 is 10.0 Å². The van der Waals surface area contributed by atoms with Gasteiger partial charge in [0.15, 0.2) is 0 Å². The first-order valence-corrected chi connectivity index (χ1v) is 7.54. The van der Waals surface area contributed by atoms with E-state index >= 15 is 0 Å². The van der Waals surface area contributed by atoms with Crippen LogP contribution in [-0.2, 0) is 0 Å². The zero-order chi connectivity index (χ0) is 13.3. The van der Waals surface area contributed by atoms with E-state index in [0.29, 0.717) is 12.1 Å². The Labute approximate surface area is 112 Å². The molecule has 1 saturated carbocycles. The van der Waals surface area contributed by atoms with Crippen molar-refractivity contribution in [1.82, 2.24) is 9.80 Å². The van der Waals surface area contributed by atoms with E-state index in [1.165, 1.54) is 19.3 Å². The molecule has 2 fully saturated rings. The lowest BCUT2D eigenvalue weighted by Crippen LogP contribution is -2.46. The van der Waals surface area contributed by atoms with Gasteiger partial charge in [0, 0.05) is 25.2 Å². The maximum absolute atomic E-state index is 9.99. The van der Waals surface area contributed by atoms with Gasteiger partial charge in [0.25, 0.3) is 0 Å². The quantitative estimate of drug-likeness (QED) is 0.832. The van der Waals surface area contributed by atoms with Crippen molar-refractivity contribution in [2.75, 3.05) is 27.2 Å². The van der Waals surface area contributed by atoms with Crippen molar-refractivity contribution < 1.29 is 5.11 Å². The first kappa shape index (κ1) is 14.3. The third-order valence-electron chi connectivity index (χ3n) is 4.63. The molecule has 2 rings (SSSR count). The summed E-state index contributed by atoms with van der Waals surface area (Å²) in [6.45, 7) is 6.74. The van der Waals surface area contributed by atoms with Gasteiger partial charge >= 0.3 is 0 Å². The van der Waals surface area contributed by atoms with E-state index in [9.17, 15) is 5.11 Å². The highest BCUT2D eigenvalue weighted by Crippen LogP contribution is 2.35. The van der Waals surface area contributed by atoms with Crippen molar-refractivity contribution in [1.29, 1.82) is 0 Å². The van der Waals surface area contributed by atoms with Crippen LogP contribution in [0.3, 0.4) is 0 Å². The molecule has 1 N–H and O–H groups in total. The van der Waals surface area contributed by atoms with Crippen molar-refractivity contribution in [2.45, 2.75) is 57.7 Å². The minimum atomic E-state index is -0.109. The molecule has 3 heteroatoms. The molecule has 2 aliphatic rings. The number of likely N-dealkylation sites (tertiary alicyclic amines) is 1. The summed E-state index contributed by atoms with van der Waals surface area (Å²) in [5, 5.41) is 9.99. The third-order valence-corrected chi connectivity index (χ3v) is 4.63. The van der Waals surface area contributed by atoms with Gasteiger partial charge in [0.2, 0.25) is 0 Å². The second kappa shape index (κ2) is 5.89. The smallest absolute Gasteiger partial charge is 0.0682 e. The second-order valence-electron chi connectivity index (χ2n) is 7.07. The van der Waals surface area contributed by atoms with Gasteiger partial charge in [-0.2, -0.15) is 0 Å². The van der Waals surface area contributed by atoms with E-state index in [1.807, 2.05) is 0 Å². The molecule has 3 nitrogen and oxygen atoms in total. The molecule has 1 aliphatic carbocycles. The van der Waals surface area contributed by atoms with Gasteiger partial charge in [-0.25, -0.2) is 0 Å². The number of likely N-dealkylation sites (N-methyl/N-ethyl adjacent to an activating group) is 1. The Kier molecular flexibility index (Phi) is 4.68. The van der Waals surface area contributed by atoms with Crippen LogP contribution in [0.15, 0.2) is 0 Å². The van der Waals surface area contributed by atoms with Gasteiger partial charge in [-0.3, -0.25) is 4.90 Å². The summed E-state index contributed by atoms with van der Waals surface area (Å²) >= 11 is 0. The monoisotopic (exact) mass is 254 g/mol. The molecule has 0 spiro atoms. The lowest BCUT2D eigenvalue weighted by atomic mass is 9.79. The summed E-state index contributed by atoms with van der Waals surface area (Å²) in [7, 11) is 4.27. The number of hydrogen-bond acceptors (Lipinski definition) is 3. The zero-order valence-electron chi connectivity index (χ0n) is 12.5. The van der Waals surface area contributed by atoms with Crippen molar-refractivity contribution >= 4 is 0 Å². The lowest BCUT2D eigenvalue weighted by molar-refractivity contribution is 0.0797. The van der Waals surface area contributed by atoms with E-state index in [0.717, 1.165) is 31.3 Å². The molecule has 0 aromatic heterocycles. The maximum Gasteiger partial charge on any atom is 0.0682 e. The molecule has 106 valence electrons. The highest BCUT2D eigenvalue weighted by atomic mass is 16.3. The number of aliphatic hydroxyl groups excluding tert-OH is 1.